The Balaban J connectivity index is 2.33. The molecule has 0 aliphatic carbocycles. The molecule has 0 atom stereocenters. The molecule has 0 amide bonds. The van der Waals surface area contributed by atoms with Crippen molar-refractivity contribution in [2.75, 3.05) is 0 Å². The van der Waals surface area contributed by atoms with E-state index in [9.17, 15) is 0 Å². The minimum absolute atomic E-state index is 0.0803. The fourth-order valence-corrected chi connectivity index (χ4v) is 1.84. The summed E-state index contributed by atoms with van der Waals surface area (Å²) in [4.78, 5) is 4.03. The minimum Gasteiger partial charge on any atom is -0.457 e. The molecule has 1 heterocycles. The van der Waals surface area contributed by atoms with Gasteiger partial charge in [0.2, 0.25) is 0 Å². The molecule has 3 heteroatoms. The molecular weight excluding hydrogens is 226 g/mol. The fraction of sp³-hybridized carbons (Fsp3) is 0.267. The Hall–Kier alpha value is -1.87. The Bertz CT molecular complexity index is 564. The lowest BCUT2D eigenvalue weighted by molar-refractivity contribution is 0.276. The van der Waals surface area contributed by atoms with Crippen LogP contribution in [0, 0.1) is 20.8 Å². The molecule has 0 saturated heterocycles. The predicted octanol–water partition coefficient (Wildman–Crippen LogP) is 3.29. The molecule has 1 aromatic heterocycles. The summed E-state index contributed by atoms with van der Waals surface area (Å²) in [6.07, 6.45) is 1.64. The SMILES string of the molecule is Cc1cc(C)c(C)c(Oc2ccnc(CO)c2)c1. The average Bonchev–Trinajstić information content (AvgIpc) is 2.35. The molecule has 0 aliphatic heterocycles. The van der Waals surface area contributed by atoms with Gasteiger partial charge in [0.1, 0.15) is 11.5 Å². The number of rotatable bonds is 3. The summed E-state index contributed by atoms with van der Waals surface area (Å²) in [7, 11) is 0. The molecule has 0 aliphatic rings. The number of nitrogens with zero attached hydrogens (tertiary/aromatic N) is 1. The van der Waals surface area contributed by atoms with Crippen molar-refractivity contribution in [3.05, 3.63) is 52.8 Å². The highest BCUT2D eigenvalue weighted by molar-refractivity contribution is 5.44. The molecule has 0 bridgehead atoms. The van der Waals surface area contributed by atoms with Gasteiger partial charge in [-0.15, -0.1) is 0 Å². The van der Waals surface area contributed by atoms with Crippen LogP contribution in [0.1, 0.15) is 22.4 Å². The molecule has 1 N–H and O–H groups in total. The third kappa shape index (κ3) is 2.68. The number of aromatic nitrogens is 1. The van der Waals surface area contributed by atoms with Crippen LogP contribution in [0.15, 0.2) is 30.5 Å². The van der Waals surface area contributed by atoms with Crippen molar-refractivity contribution in [3.63, 3.8) is 0 Å². The van der Waals surface area contributed by atoms with Gasteiger partial charge in [-0.05, 0) is 49.6 Å². The maximum Gasteiger partial charge on any atom is 0.130 e. The largest absolute Gasteiger partial charge is 0.457 e. The summed E-state index contributed by atoms with van der Waals surface area (Å²) in [6.45, 7) is 6.08. The minimum atomic E-state index is -0.0803. The molecule has 0 radical (unpaired) electrons. The fourth-order valence-electron chi connectivity index (χ4n) is 1.84. The van der Waals surface area contributed by atoms with E-state index in [-0.39, 0.29) is 6.61 Å². The standard InChI is InChI=1S/C15H17NO2/c1-10-6-11(2)12(3)15(7-10)18-14-4-5-16-13(8-14)9-17/h4-8,17H,9H2,1-3H3. The van der Waals surface area contributed by atoms with Crippen molar-refractivity contribution in [1.82, 2.24) is 4.98 Å². The van der Waals surface area contributed by atoms with Gasteiger partial charge in [0.25, 0.3) is 0 Å². The van der Waals surface area contributed by atoms with Crippen LogP contribution in [0.2, 0.25) is 0 Å². The molecular formula is C15H17NO2. The first-order chi connectivity index (χ1) is 8.60. The van der Waals surface area contributed by atoms with Crippen molar-refractivity contribution in [2.45, 2.75) is 27.4 Å². The summed E-state index contributed by atoms with van der Waals surface area (Å²) in [5.74, 6) is 1.55. The van der Waals surface area contributed by atoms with Crippen LogP contribution in [0.25, 0.3) is 0 Å². The number of pyridine rings is 1. The number of hydrogen-bond acceptors (Lipinski definition) is 3. The van der Waals surface area contributed by atoms with Crippen molar-refractivity contribution >= 4 is 0 Å². The Morgan fingerprint density at radius 2 is 1.94 bits per heavy atom. The zero-order chi connectivity index (χ0) is 13.1. The van der Waals surface area contributed by atoms with E-state index in [1.165, 1.54) is 11.1 Å². The van der Waals surface area contributed by atoms with Gasteiger partial charge in [0, 0.05) is 12.3 Å². The summed E-state index contributed by atoms with van der Waals surface area (Å²) in [5.41, 5.74) is 4.11. The molecule has 2 rings (SSSR count). The summed E-state index contributed by atoms with van der Waals surface area (Å²) in [6, 6.07) is 7.68. The molecule has 0 fully saturated rings. The summed E-state index contributed by atoms with van der Waals surface area (Å²) in [5, 5.41) is 9.05. The smallest absolute Gasteiger partial charge is 0.130 e. The van der Waals surface area contributed by atoms with E-state index in [1.807, 2.05) is 19.9 Å². The topological polar surface area (TPSA) is 42.4 Å². The molecule has 0 spiro atoms. The third-order valence-corrected chi connectivity index (χ3v) is 2.94. The Kier molecular flexibility index (Phi) is 3.63. The molecule has 3 nitrogen and oxygen atoms in total. The second-order valence-electron chi connectivity index (χ2n) is 4.45. The van der Waals surface area contributed by atoms with Crippen molar-refractivity contribution < 1.29 is 9.84 Å². The number of aliphatic hydroxyl groups is 1. The van der Waals surface area contributed by atoms with Crippen LogP contribution < -0.4 is 4.74 Å². The molecule has 2 aromatic rings. The van der Waals surface area contributed by atoms with Crippen LogP contribution >= 0.6 is 0 Å². The summed E-state index contributed by atoms with van der Waals surface area (Å²) < 4.78 is 5.86. The lowest BCUT2D eigenvalue weighted by Crippen LogP contribution is -1.94. The van der Waals surface area contributed by atoms with Gasteiger partial charge >= 0.3 is 0 Å². The second-order valence-corrected chi connectivity index (χ2v) is 4.45. The lowest BCUT2D eigenvalue weighted by Gasteiger charge is -2.12. The van der Waals surface area contributed by atoms with Gasteiger partial charge in [0.15, 0.2) is 0 Å². The third-order valence-electron chi connectivity index (χ3n) is 2.94. The van der Waals surface area contributed by atoms with E-state index in [1.54, 1.807) is 18.3 Å². The normalized spacial score (nSPS) is 10.4. The van der Waals surface area contributed by atoms with Crippen LogP contribution in [0.4, 0.5) is 0 Å². The van der Waals surface area contributed by atoms with Crippen LogP contribution in [-0.2, 0) is 6.61 Å². The monoisotopic (exact) mass is 243 g/mol. The van der Waals surface area contributed by atoms with Crippen molar-refractivity contribution in [1.29, 1.82) is 0 Å². The second kappa shape index (κ2) is 5.19. The number of aliphatic hydroxyl groups excluding tert-OH is 1. The average molecular weight is 243 g/mol. The number of ether oxygens (including phenoxy) is 1. The zero-order valence-corrected chi connectivity index (χ0v) is 10.9. The Morgan fingerprint density at radius 1 is 1.17 bits per heavy atom. The number of hydrogen-bond donors (Lipinski definition) is 1. The van der Waals surface area contributed by atoms with Gasteiger partial charge in [-0.3, -0.25) is 4.98 Å². The molecule has 94 valence electrons. The lowest BCUT2D eigenvalue weighted by atomic mass is 10.1. The van der Waals surface area contributed by atoms with Crippen molar-refractivity contribution in [3.8, 4) is 11.5 Å². The predicted molar refractivity (Wildman–Crippen MR) is 70.9 cm³/mol. The Morgan fingerprint density at radius 3 is 2.67 bits per heavy atom. The van der Waals surface area contributed by atoms with E-state index in [0.29, 0.717) is 11.4 Å². The highest BCUT2D eigenvalue weighted by Gasteiger charge is 2.06. The van der Waals surface area contributed by atoms with Gasteiger partial charge in [0.05, 0.1) is 12.3 Å². The van der Waals surface area contributed by atoms with Gasteiger partial charge in [-0.2, -0.15) is 0 Å². The first-order valence-corrected chi connectivity index (χ1v) is 5.91. The van der Waals surface area contributed by atoms with Crippen LogP contribution in [0.5, 0.6) is 11.5 Å². The maximum atomic E-state index is 9.05. The van der Waals surface area contributed by atoms with E-state index in [0.717, 1.165) is 11.3 Å². The van der Waals surface area contributed by atoms with Gasteiger partial charge < -0.3 is 9.84 Å². The summed E-state index contributed by atoms with van der Waals surface area (Å²) >= 11 is 0. The molecule has 0 saturated carbocycles. The molecule has 18 heavy (non-hydrogen) atoms. The highest BCUT2D eigenvalue weighted by Crippen LogP contribution is 2.28. The van der Waals surface area contributed by atoms with E-state index < -0.39 is 0 Å². The molecule has 0 unspecified atom stereocenters. The van der Waals surface area contributed by atoms with Crippen molar-refractivity contribution in [2.24, 2.45) is 0 Å². The van der Waals surface area contributed by atoms with E-state index >= 15 is 0 Å². The quantitative estimate of drug-likeness (QED) is 0.899. The number of benzene rings is 1. The Labute approximate surface area is 107 Å². The van der Waals surface area contributed by atoms with Gasteiger partial charge in [-0.1, -0.05) is 6.07 Å². The van der Waals surface area contributed by atoms with E-state index in [4.69, 9.17) is 9.84 Å². The van der Waals surface area contributed by atoms with Crippen LogP contribution in [0.3, 0.4) is 0 Å². The highest BCUT2D eigenvalue weighted by atomic mass is 16.5. The number of aryl methyl sites for hydroxylation is 2. The van der Waals surface area contributed by atoms with Crippen LogP contribution in [-0.4, -0.2) is 10.1 Å². The maximum absolute atomic E-state index is 9.05. The zero-order valence-electron chi connectivity index (χ0n) is 10.9. The molecule has 1 aromatic carbocycles. The van der Waals surface area contributed by atoms with Gasteiger partial charge in [-0.25, -0.2) is 0 Å². The first kappa shape index (κ1) is 12.6. The first-order valence-electron chi connectivity index (χ1n) is 5.91. The van der Waals surface area contributed by atoms with E-state index in [2.05, 4.69) is 18.0 Å².